The molecule has 62 valence electrons. The van der Waals surface area contributed by atoms with E-state index < -0.39 is 0 Å². The number of hydrogen-bond acceptors (Lipinski definition) is 2. The molecule has 0 saturated heterocycles. The van der Waals surface area contributed by atoms with Crippen LogP contribution < -0.4 is 5.32 Å². The van der Waals surface area contributed by atoms with Crippen LogP contribution >= 0.6 is 0 Å². The van der Waals surface area contributed by atoms with Gasteiger partial charge in [0.25, 0.3) is 0 Å². The van der Waals surface area contributed by atoms with E-state index >= 15 is 0 Å². The molecule has 1 heterocycles. The van der Waals surface area contributed by atoms with Crippen molar-refractivity contribution >= 4 is 0 Å². The van der Waals surface area contributed by atoms with Gasteiger partial charge in [0.05, 0.1) is 6.61 Å². The summed E-state index contributed by atoms with van der Waals surface area (Å²) in [6, 6.07) is 0. The normalized spacial score (nSPS) is 17.9. The van der Waals surface area contributed by atoms with Crippen LogP contribution in [0, 0.1) is 0 Å². The third-order valence-electron chi connectivity index (χ3n) is 1.98. The van der Waals surface area contributed by atoms with Crippen LogP contribution in [0.15, 0.2) is 22.9 Å². The summed E-state index contributed by atoms with van der Waals surface area (Å²) in [7, 11) is 0. The summed E-state index contributed by atoms with van der Waals surface area (Å²) in [5.74, 6) is 0. The van der Waals surface area contributed by atoms with Gasteiger partial charge in [-0.05, 0) is 24.5 Å². The predicted molar refractivity (Wildman–Crippen MR) is 46.2 cm³/mol. The molecule has 2 heteroatoms. The van der Waals surface area contributed by atoms with E-state index in [1.165, 1.54) is 11.3 Å². The molecule has 0 spiro atoms. The van der Waals surface area contributed by atoms with Gasteiger partial charge in [-0.1, -0.05) is 13.0 Å². The monoisotopic (exact) mass is 153 g/mol. The third-order valence-corrected chi connectivity index (χ3v) is 1.98. The smallest absolute Gasteiger partial charge is 0.0661 e. The highest BCUT2D eigenvalue weighted by atomic mass is 16.3. The lowest BCUT2D eigenvalue weighted by Gasteiger charge is -2.18. The van der Waals surface area contributed by atoms with Gasteiger partial charge in [0.2, 0.25) is 0 Å². The maximum absolute atomic E-state index is 8.84. The highest BCUT2D eigenvalue weighted by molar-refractivity contribution is 5.31. The first-order chi connectivity index (χ1) is 5.27. The van der Waals surface area contributed by atoms with Gasteiger partial charge in [0.1, 0.15) is 0 Å². The Morgan fingerprint density at radius 1 is 1.64 bits per heavy atom. The van der Waals surface area contributed by atoms with Crippen LogP contribution in [-0.2, 0) is 0 Å². The third kappa shape index (κ3) is 1.84. The molecule has 0 fully saturated rings. The van der Waals surface area contributed by atoms with Crippen molar-refractivity contribution in [2.24, 2.45) is 0 Å². The first-order valence-electron chi connectivity index (χ1n) is 4.01. The highest BCUT2D eigenvalue weighted by Crippen LogP contribution is 2.13. The zero-order chi connectivity index (χ0) is 8.27. The maximum atomic E-state index is 8.84. The van der Waals surface area contributed by atoms with E-state index in [-0.39, 0.29) is 6.61 Å². The van der Waals surface area contributed by atoms with Crippen LogP contribution in [0.3, 0.4) is 0 Å². The number of aliphatic hydroxyl groups is 1. The number of hydrogen-bond donors (Lipinski definition) is 2. The van der Waals surface area contributed by atoms with Crippen LogP contribution in [-0.4, -0.2) is 18.3 Å². The molecular formula is C9H15NO. The van der Waals surface area contributed by atoms with E-state index in [0.717, 1.165) is 18.5 Å². The number of dihydropyridines is 1. The summed E-state index contributed by atoms with van der Waals surface area (Å²) in [4.78, 5) is 0. The largest absolute Gasteiger partial charge is 0.392 e. The molecule has 0 aromatic carbocycles. The topological polar surface area (TPSA) is 32.3 Å². The van der Waals surface area contributed by atoms with E-state index in [4.69, 9.17) is 5.11 Å². The Hall–Kier alpha value is -0.760. The second-order valence-corrected chi connectivity index (χ2v) is 2.83. The van der Waals surface area contributed by atoms with Gasteiger partial charge in [-0.2, -0.15) is 0 Å². The first kappa shape index (κ1) is 8.34. The second-order valence-electron chi connectivity index (χ2n) is 2.83. The zero-order valence-corrected chi connectivity index (χ0v) is 7.15. The summed E-state index contributed by atoms with van der Waals surface area (Å²) >= 11 is 0. The fraction of sp³-hybridized carbons (Fsp3) is 0.556. The molecule has 2 nitrogen and oxygen atoms in total. The standard InChI is InChI=1S/C9H15NO/c1-3-9-7(2)4-8(6-11)5-10-9/h4,10-11H,3,5-6H2,1-2H3. The van der Waals surface area contributed by atoms with Crippen molar-refractivity contribution in [2.75, 3.05) is 13.2 Å². The molecule has 0 amide bonds. The van der Waals surface area contributed by atoms with E-state index in [1.54, 1.807) is 0 Å². The predicted octanol–water partition coefficient (Wildman–Crippen LogP) is 1.19. The van der Waals surface area contributed by atoms with Crippen molar-refractivity contribution in [3.05, 3.63) is 22.9 Å². The van der Waals surface area contributed by atoms with E-state index in [0.29, 0.717) is 0 Å². The number of rotatable bonds is 2. The highest BCUT2D eigenvalue weighted by Gasteiger charge is 2.06. The SMILES string of the molecule is CCC1=C(C)C=C(CO)CN1. The maximum Gasteiger partial charge on any atom is 0.0661 e. The molecule has 0 aromatic heterocycles. The Morgan fingerprint density at radius 3 is 2.82 bits per heavy atom. The molecule has 11 heavy (non-hydrogen) atoms. The summed E-state index contributed by atoms with van der Waals surface area (Å²) < 4.78 is 0. The fourth-order valence-corrected chi connectivity index (χ4v) is 1.31. The summed E-state index contributed by atoms with van der Waals surface area (Å²) in [5, 5.41) is 12.1. The summed E-state index contributed by atoms with van der Waals surface area (Å²) in [6.45, 7) is 5.17. The fourth-order valence-electron chi connectivity index (χ4n) is 1.31. The number of aliphatic hydroxyl groups excluding tert-OH is 1. The van der Waals surface area contributed by atoms with Gasteiger partial charge in [0.15, 0.2) is 0 Å². The van der Waals surface area contributed by atoms with Crippen molar-refractivity contribution in [2.45, 2.75) is 20.3 Å². The molecule has 0 aliphatic carbocycles. The number of nitrogens with one attached hydrogen (secondary N) is 1. The van der Waals surface area contributed by atoms with Crippen LogP contribution in [0.1, 0.15) is 20.3 Å². The minimum atomic E-state index is 0.168. The molecule has 0 unspecified atom stereocenters. The first-order valence-corrected chi connectivity index (χ1v) is 4.01. The minimum Gasteiger partial charge on any atom is -0.392 e. The van der Waals surface area contributed by atoms with Crippen molar-refractivity contribution in [3.63, 3.8) is 0 Å². The van der Waals surface area contributed by atoms with Gasteiger partial charge >= 0.3 is 0 Å². The lowest BCUT2D eigenvalue weighted by molar-refractivity contribution is 0.327. The van der Waals surface area contributed by atoms with Crippen LogP contribution in [0.2, 0.25) is 0 Å². The van der Waals surface area contributed by atoms with Crippen LogP contribution in [0.5, 0.6) is 0 Å². The van der Waals surface area contributed by atoms with Gasteiger partial charge in [0, 0.05) is 12.2 Å². The molecule has 1 rings (SSSR count). The molecule has 1 aliphatic rings. The average Bonchev–Trinajstić information content (AvgIpc) is 2.04. The van der Waals surface area contributed by atoms with Crippen molar-refractivity contribution < 1.29 is 5.11 Å². The Balaban J connectivity index is 2.76. The van der Waals surface area contributed by atoms with Gasteiger partial charge in [-0.25, -0.2) is 0 Å². The van der Waals surface area contributed by atoms with Gasteiger partial charge in [-0.15, -0.1) is 0 Å². The van der Waals surface area contributed by atoms with E-state index in [9.17, 15) is 0 Å². The lowest BCUT2D eigenvalue weighted by atomic mass is 10.1. The molecular weight excluding hydrogens is 138 g/mol. The van der Waals surface area contributed by atoms with Crippen molar-refractivity contribution in [1.82, 2.24) is 5.32 Å². The molecule has 0 aromatic rings. The number of allylic oxidation sites excluding steroid dienone is 3. The summed E-state index contributed by atoms with van der Waals surface area (Å²) in [5.41, 5.74) is 3.62. The lowest BCUT2D eigenvalue weighted by Crippen LogP contribution is -2.22. The Bertz CT molecular complexity index is 204. The zero-order valence-electron chi connectivity index (χ0n) is 7.15. The van der Waals surface area contributed by atoms with Gasteiger partial charge < -0.3 is 10.4 Å². The van der Waals surface area contributed by atoms with Crippen LogP contribution in [0.4, 0.5) is 0 Å². The summed E-state index contributed by atoms with van der Waals surface area (Å²) in [6.07, 6.45) is 3.11. The second kappa shape index (κ2) is 3.58. The molecule has 0 radical (unpaired) electrons. The molecule has 0 saturated carbocycles. The molecule has 1 aliphatic heterocycles. The van der Waals surface area contributed by atoms with Crippen molar-refractivity contribution in [3.8, 4) is 0 Å². The Kier molecular flexibility index (Phi) is 2.71. The molecule has 0 atom stereocenters. The van der Waals surface area contributed by atoms with Crippen LogP contribution in [0.25, 0.3) is 0 Å². The average molecular weight is 153 g/mol. The van der Waals surface area contributed by atoms with Gasteiger partial charge in [-0.3, -0.25) is 0 Å². The van der Waals surface area contributed by atoms with Crippen molar-refractivity contribution in [1.29, 1.82) is 0 Å². The molecule has 0 bridgehead atoms. The Labute approximate surface area is 67.6 Å². The Morgan fingerprint density at radius 2 is 2.36 bits per heavy atom. The van der Waals surface area contributed by atoms with E-state index in [1.807, 2.05) is 0 Å². The molecule has 2 N–H and O–H groups in total. The van der Waals surface area contributed by atoms with E-state index in [2.05, 4.69) is 25.2 Å². The minimum absolute atomic E-state index is 0.168. The quantitative estimate of drug-likeness (QED) is 0.624.